The van der Waals surface area contributed by atoms with Gasteiger partial charge in [-0.25, -0.2) is 0 Å². The molecule has 1 aromatic rings. The zero-order valence-electron chi connectivity index (χ0n) is 13.5. The molecule has 0 aliphatic carbocycles. The molecule has 2 N–H and O–H groups in total. The fourth-order valence-corrected chi connectivity index (χ4v) is 3.58. The first-order valence-corrected chi connectivity index (χ1v) is 8.52. The van der Waals surface area contributed by atoms with Crippen LogP contribution in [0.4, 0.5) is 0 Å². The van der Waals surface area contributed by atoms with Crippen molar-refractivity contribution in [3.63, 3.8) is 0 Å². The van der Waals surface area contributed by atoms with Crippen molar-refractivity contribution in [1.29, 1.82) is 0 Å². The molecule has 1 aromatic heterocycles. The molecule has 1 aliphatic rings. The van der Waals surface area contributed by atoms with Crippen molar-refractivity contribution in [2.45, 2.75) is 51.7 Å². The minimum absolute atomic E-state index is 0.0973. The van der Waals surface area contributed by atoms with Gasteiger partial charge in [0, 0.05) is 24.7 Å². The molecule has 1 saturated heterocycles. The third-order valence-corrected chi connectivity index (χ3v) is 5.30. The predicted molar refractivity (Wildman–Crippen MR) is 88.3 cm³/mol. The van der Waals surface area contributed by atoms with Gasteiger partial charge >= 0.3 is 0 Å². The fraction of sp³-hybridized carbons (Fsp3) is 0.800. The van der Waals surface area contributed by atoms with Crippen molar-refractivity contribution in [2.24, 2.45) is 5.73 Å². The summed E-state index contributed by atoms with van der Waals surface area (Å²) in [6.07, 6.45) is 2.84. The Balaban J connectivity index is 2.35. The second-order valence-electron chi connectivity index (χ2n) is 6.20. The van der Waals surface area contributed by atoms with Crippen LogP contribution < -0.4 is 5.73 Å². The maximum Gasteiger partial charge on any atom is 0.0715 e. The number of nitrogens with zero attached hydrogens (tertiary/aromatic N) is 3. The SMILES string of the molecule is CCC(C)(C(N)c1c(Br)cnn1C(C)C)N1CCOCC1. The summed E-state index contributed by atoms with van der Waals surface area (Å²) in [6.45, 7) is 12.2. The second kappa shape index (κ2) is 6.77. The molecule has 0 bridgehead atoms. The van der Waals surface area contributed by atoms with E-state index in [0.29, 0.717) is 6.04 Å². The minimum Gasteiger partial charge on any atom is -0.379 e. The molecular formula is C15H27BrN4O. The number of morpholine rings is 1. The summed E-state index contributed by atoms with van der Waals surface area (Å²) in [7, 11) is 0. The monoisotopic (exact) mass is 358 g/mol. The lowest BCUT2D eigenvalue weighted by Gasteiger charge is -2.46. The van der Waals surface area contributed by atoms with Gasteiger partial charge in [-0.15, -0.1) is 0 Å². The van der Waals surface area contributed by atoms with Gasteiger partial charge in [-0.3, -0.25) is 9.58 Å². The summed E-state index contributed by atoms with van der Waals surface area (Å²) in [6, 6.07) is 0.197. The lowest BCUT2D eigenvalue weighted by Crippen LogP contribution is -2.57. The van der Waals surface area contributed by atoms with Crippen LogP contribution in [0, 0.1) is 0 Å². The van der Waals surface area contributed by atoms with Crippen LogP contribution in [0.3, 0.4) is 0 Å². The van der Waals surface area contributed by atoms with Crippen LogP contribution in [0.1, 0.15) is 51.9 Å². The number of ether oxygens (including phenoxy) is 1. The number of halogens is 1. The van der Waals surface area contributed by atoms with Crippen molar-refractivity contribution in [3.8, 4) is 0 Å². The van der Waals surface area contributed by atoms with E-state index in [0.717, 1.165) is 42.9 Å². The van der Waals surface area contributed by atoms with Gasteiger partial charge in [0.05, 0.1) is 35.6 Å². The zero-order valence-corrected chi connectivity index (χ0v) is 15.1. The molecule has 0 aromatic carbocycles. The van der Waals surface area contributed by atoms with Crippen molar-refractivity contribution < 1.29 is 4.74 Å². The molecule has 6 heteroatoms. The normalized spacial score (nSPS) is 21.5. The largest absolute Gasteiger partial charge is 0.379 e. The van der Waals surface area contributed by atoms with E-state index in [1.807, 2.05) is 10.9 Å². The molecule has 0 spiro atoms. The van der Waals surface area contributed by atoms with Gasteiger partial charge in [-0.2, -0.15) is 5.10 Å². The van der Waals surface area contributed by atoms with E-state index in [9.17, 15) is 0 Å². The first-order valence-electron chi connectivity index (χ1n) is 7.73. The highest BCUT2D eigenvalue weighted by Gasteiger charge is 2.40. The Morgan fingerprint density at radius 3 is 2.57 bits per heavy atom. The molecule has 21 heavy (non-hydrogen) atoms. The Morgan fingerprint density at radius 1 is 1.43 bits per heavy atom. The highest BCUT2D eigenvalue weighted by Crippen LogP contribution is 2.37. The summed E-state index contributed by atoms with van der Waals surface area (Å²) in [5.74, 6) is 0. The van der Waals surface area contributed by atoms with E-state index in [-0.39, 0.29) is 11.6 Å². The average molecular weight is 359 g/mol. The summed E-state index contributed by atoms with van der Waals surface area (Å²) in [5.41, 5.74) is 7.71. The van der Waals surface area contributed by atoms with Crippen molar-refractivity contribution >= 4 is 15.9 Å². The van der Waals surface area contributed by atoms with Crippen LogP contribution in [0.5, 0.6) is 0 Å². The summed E-state index contributed by atoms with van der Waals surface area (Å²) < 4.78 is 8.51. The lowest BCUT2D eigenvalue weighted by molar-refractivity contribution is -0.0289. The first kappa shape index (κ1) is 16.9. The number of hydrogen-bond acceptors (Lipinski definition) is 4. The van der Waals surface area contributed by atoms with Gasteiger partial charge in [0.25, 0.3) is 0 Å². The third-order valence-electron chi connectivity index (χ3n) is 4.69. The minimum atomic E-state index is -0.0982. The number of nitrogens with two attached hydrogens (primary N) is 1. The van der Waals surface area contributed by atoms with E-state index in [1.54, 1.807) is 0 Å². The standard InChI is InChI=1S/C15H27BrN4O/c1-5-15(4,19-6-8-21-9-7-19)14(17)13-12(16)10-18-20(13)11(2)3/h10-11,14H,5-9,17H2,1-4H3. The molecule has 0 amide bonds. The van der Waals surface area contributed by atoms with Crippen LogP contribution in [-0.4, -0.2) is 46.5 Å². The molecule has 2 atom stereocenters. The van der Waals surface area contributed by atoms with Gasteiger partial charge in [0.15, 0.2) is 0 Å². The highest BCUT2D eigenvalue weighted by atomic mass is 79.9. The summed E-state index contributed by atoms with van der Waals surface area (Å²) in [4.78, 5) is 2.46. The predicted octanol–water partition coefficient (Wildman–Crippen LogP) is 2.73. The summed E-state index contributed by atoms with van der Waals surface area (Å²) in [5, 5.41) is 4.48. The molecule has 1 fully saturated rings. The Bertz CT molecular complexity index is 470. The highest BCUT2D eigenvalue weighted by molar-refractivity contribution is 9.10. The number of aromatic nitrogens is 2. The second-order valence-corrected chi connectivity index (χ2v) is 7.06. The Kier molecular flexibility index (Phi) is 5.46. The molecule has 5 nitrogen and oxygen atoms in total. The lowest BCUT2D eigenvalue weighted by atomic mass is 9.85. The molecular weight excluding hydrogens is 332 g/mol. The van der Waals surface area contributed by atoms with Gasteiger partial charge in [0.1, 0.15) is 0 Å². The Labute approximate surface area is 135 Å². The van der Waals surface area contributed by atoms with Crippen LogP contribution in [0.25, 0.3) is 0 Å². The molecule has 2 unspecified atom stereocenters. The van der Waals surface area contributed by atoms with Crippen LogP contribution >= 0.6 is 15.9 Å². The zero-order chi connectivity index (χ0) is 15.6. The smallest absolute Gasteiger partial charge is 0.0715 e. The van der Waals surface area contributed by atoms with Crippen molar-refractivity contribution in [2.75, 3.05) is 26.3 Å². The van der Waals surface area contributed by atoms with Crippen LogP contribution in [0.15, 0.2) is 10.7 Å². The molecule has 2 rings (SSSR count). The third kappa shape index (κ3) is 3.18. The molecule has 0 saturated carbocycles. The van der Waals surface area contributed by atoms with E-state index < -0.39 is 0 Å². The molecule has 2 heterocycles. The molecule has 120 valence electrons. The van der Waals surface area contributed by atoms with E-state index in [2.05, 4.69) is 53.6 Å². The quantitative estimate of drug-likeness (QED) is 0.878. The molecule has 0 radical (unpaired) electrons. The van der Waals surface area contributed by atoms with Crippen molar-refractivity contribution in [3.05, 3.63) is 16.4 Å². The average Bonchev–Trinajstić information content (AvgIpc) is 2.88. The Morgan fingerprint density at radius 2 is 2.05 bits per heavy atom. The van der Waals surface area contributed by atoms with E-state index >= 15 is 0 Å². The van der Waals surface area contributed by atoms with Crippen molar-refractivity contribution in [1.82, 2.24) is 14.7 Å². The van der Waals surface area contributed by atoms with Gasteiger partial charge in [-0.1, -0.05) is 6.92 Å². The van der Waals surface area contributed by atoms with E-state index in [4.69, 9.17) is 10.5 Å². The summed E-state index contributed by atoms with van der Waals surface area (Å²) >= 11 is 3.63. The number of hydrogen-bond donors (Lipinski definition) is 1. The Hall–Kier alpha value is -0.430. The molecule has 1 aliphatic heterocycles. The van der Waals surface area contributed by atoms with Crippen LogP contribution in [0.2, 0.25) is 0 Å². The van der Waals surface area contributed by atoms with Gasteiger partial charge < -0.3 is 10.5 Å². The van der Waals surface area contributed by atoms with E-state index in [1.165, 1.54) is 0 Å². The maximum atomic E-state index is 6.73. The number of rotatable bonds is 5. The van der Waals surface area contributed by atoms with Crippen LogP contribution in [-0.2, 0) is 4.74 Å². The maximum absolute atomic E-state index is 6.73. The first-order chi connectivity index (χ1) is 9.91. The van der Waals surface area contributed by atoms with Gasteiger partial charge in [-0.05, 0) is 43.1 Å². The van der Waals surface area contributed by atoms with Gasteiger partial charge in [0.2, 0.25) is 0 Å². The topological polar surface area (TPSA) is 56.3 Å². The fourth-order valence-electron chi connectivity index (χ4n) is 3.06.